The summed E-state index contributed by atoms with van der Waals surface area (Å²) in [6.45, 7) is 5.30. The molecule has 2 amide bonds. The molecule has 2 aliphatic heterocycles. The van der Waals surface area contributed by atoms with Gasteiger partial charge in [-0.25, -0.2) is 9.59 Å². The van der Waals surface area contributed by atoms with Crippen LogP contribution in [0.4, 0.5) is 4.79 Å². The highest BCUT2D eigenvalue weighted by Gasteiger charge is 2.50. The first-order valence-corrected chi connectivity index (χ1v) is 7.38. The standard InChI is InChI=1S/C14H24N2O3/c1-3-11-7-5-9-15(11)13(19)16-10-6-8-14(16,4-2)12(17)18/h11H,3-10H2,1-2H3,(H,17,18). The largest absolute Gasteiger partial charge is 0.479 e. The summed E-state index contributed by atoms with van der Waals surface area (Å²) < 4.78 is 0. The summed E-state index contributed by atoms with van der Waals surface area (Å²) in [5.74, 6) is -0.854. The van der Waals surface area contributed by atoms with E-state index in [2.05, 4.69) is 6.92 Å². The third kappa shape index (κ3) is 2.19. The molecule has 1 N–H and O–H groups in total. The lowest BCUT2D eigenvalue weighted by Crippen LogP contribution is -2.57. The summed E-state index contributed by atoms with van der Waals surface area (Å²) in [5, 5.41) is 9.54. The molecule has 2 fully saturated rings. The van der Waals surface area contributed by atoms with E-state index in [-0.39, 0.29) is 12.1 Å². The first-order valence-electron chi connectivity index (χ1n) is 7.38. The van der Waals surface area contributed by atoms with Gasteiger partial charge in [0.25, 0.3) is 0 Å². The molecule has 19 heavy (non-hydrogen) atoms. The van der Waals surface area contributed by atoms with Gasteiger partial charge in [0.2, 0.25) is 0 Å². The van der Waals surface area contributed by atoms with Crippen molar-refractivity contribution in [3.05, 3.63) is 0 Å². The molecule has 0 aromatic heterocycles. The maximum absolute atomic E-state index is 12.7. The Labute approximate surface area is 114 Å². The second kappa shape index (κ2) is 5.39. The number of urea groups is 1. The van der Waals surface area contributed by atoms with Gasteiger partial charge >= 0.3 is 12.0 Å². The van der Waals surface area contributed by atoms with E-state index >= 15 is 0 Å². The Kier molecular flexibility index (Phi) is 4.02. The fourth-order valence-electron chi connectivity index (χ4n) is 3.57. The fraction of sp³-hybridized carbons (Fsp3) is 0.857. The van der Waals surface area contributed by atoms with E-state index in [1.54, 1.807) is 4.90 Å². The quantitative estimate of drug-likeness (QED) is 0.854. The Morgan fingerprint density at radius 3 is 2.58 bits per heavy atom. The molecule has 2 unspecified atom stereocenters. The Hall–Kier alpha value is -1.26. The number of hydrogen-bond acceptors (Lipinski definition) is 2. The van der Waals surface area contributed by atoms with Gasteiger partial charge in [0.05, 0.1) is 0 Å². The highest BCUT2D eigenvalue weighted by molar-refractivity contribution is 5.87. The van der Waals surface area contributed by atoms with Gasteiger partial charge in [-0.1, -0.05) is 13.8 Å². The Morgan fingerprint density at radius 2 is 2.00 bits per heavy atom. The van der Waals surface area contributed by atoms with Crippen LogP contribution in [0, 0.1) is 0 Å². The molecule has 2 aliphatic rings. The molecule has 0 saturated carbocycles. The molecule has 2 saturated heterocycles. The van der Waals surface area contributed by atoms with E-state index in [9.17, 15) is 14.7 Å². The van der Waals surface area contributed by atoms with Crippen molar-refractivity contribution in [1.29, 1.82) is 0 Å². The molecule has 0 bridgehead atoms. The van der Waals surface area contributed by atoms with Gasteiger partial charge in [0.1, 0.15) is 5.54 Å². The highest BCUT2D eigenvalue weighted by Crippen LogP contribution is 2.35. The third-order valence-corrected chi connectivity index (χ3v) is 4.80. The highest BCUT2D eigenvalue weighted by atomic mass is 16.4. The van der Waals surface area contributed by atoms with Gasteiger partial charge in [0, 0.05) is 19.1 Å². The van der Waals surface area contributed by atoms with E-state index in [0.29, 0.717) is 19.4 Å². The SMILES string of the molecule is CCC1CCCN1C(=O)N1CCCC1(CC)C(=O)O. The summed E-state index contributed by atoms with van der Waals surface area (Å²) in [5.41, 5.74) is -0.974. The molecule has 2 atom stereocenters. The Morgan fingerprint density at radius 1 is 1.26 bits per heavy atom. The molecule has 0 aromatic rings. The van der Waals surface area contributed by atoms with Crippen LogP contribution in [0.2, 0.25) is 0 Å². The van der Waals surface area contributed by atoms with Gasteiger partial charge < -0.3 is 14.9 Å². The molecule has 5 nitrogen and oxygen atoms in total. The minimum atomic E-state index is -0.974. The van der Waals surface area contributed by atoms with Crippen molar-refractivity contribution in [2.75, 3.05) is 13.1 Å². The number of carboxylic acid groups (broad SMARTS) is 1. The van der Waals surface area contributed by atoms with Crippen molar-refractivity contribution in [2.24, 2.45) is 0 Å². The molecule has 0 aliphatic carbocycles. The predicted octanol–water partition coefficient (Wildman–Crippen LogP) is 2.31. The van der Waals surface area contributed by atoms with Crippen LogP contribution in [0.25, 0.3) is 0 Å². The lowest BCUT2D eigenvalue weighted by molar-refractivity contribution is -0.148. The van der Waals surface area contributed by atoms with Gasteiger partial charge in [0.15, 0.2) is 0 Å². The van der Waals surface area contributed by atoms with Gasteiger partial charge in [-0.2, -0.15) is 0 Å². The number of nitrogens with zero attached hydrogens (tertiary/aromatic N) is 2. The second-order valence-corrected chi connectivity index (χ2v) is 5.63. The molecular formula is C14H24N2O3. The van der Waals surface area contributed by atoms with Gasteiger partial charge in [-0.3, -0.25) is 0 Å². The van der Waals surface area contributed by atoms with Crippen LogP contribution >= 0.6 is 0 Å². The van der Waals surface area contributed by atoms with Crippen molar-refractivity contribution < 1.29 is 14.7 Å². The molecule has 108 valence electrons. The van der Waals surface area contributed by atoms with Crippen LogP contribution in [-0.4, -0.2) is 51.6 Å². The van der Waals surface area contributed by atoms with Crippen molar-refractivity contribution in [2.45, 2.75) is 64.0 Å². The number of likely N-dealkylation sites (tertiary alicyclic amines) is 2. The number of carboxylic acids is 1. The Balaban J connectivity index is 2.20. The van der Waals surface area contributed by atoms with Crippen LogP contribution in [0.1, 0.15) is 52.4 Å². The molecular weight excluding hydrogens is 244 g/mol. The zero-order valence-electron chi connectivity index (χ0n) is 11.9. The zero-order chi connectivity index (χ0) is 14.0. The van der Waals surface area contributed by atoms with Crippen LogP contribution < -0.4 is 0 Å². The van der Waals surface area contributed by atoms with Crippen molar-refractivity contribution in [1.82, 2.24) is 9.80 Å². The van der Waals surface area contributed by atoms with E-state index < -0.39 is 11.5 Å². The van der Waals surface area contributed by atoms with Crippen LogP contribution in [0.3, 0.4) is 0 Å². The van der Waals surface area contributed by atoms with Crippen LogP contribution in [0.15, 0.2) is 0 Å². The number of carbonyl (C=O) groups excluding carboxylic acids is 1. The zero-order valence-corrected chi connectivity index (χ0v) is 11.9. The molecule has 2 rings (SSSR count). The maximum atomic E-state index is 12.7. The number of hydrogen-bond donors (Lipinski definition) is 1. The van der Waals surface area contributed by atoms with E-state index in [1.165, 1.54) is 0 Å². The van der Waals surface area contributed by atoms with E-state index in [0.717, 1.165) is 32.2 Å². The monoisotopic (exact) mass is 268 g/mol. The topological polar surface area (TPSA) is 60.9 Å². The lowest BCUT2D eigenvalue weighted by Gasteiger charge is -2.38. The fourth-order valence-corrected chi connectivity index (χ4v) is 3.57. The molecule has 5 heteroatoms. The molecule has 0 radical (unpaired) electrons. The van der Waals surface area contributed by atoms with E-state index in [1.807, 2.05) is 11.8 Å². The lowest BCUT2D eigenvalue weighted by atomic mass is 9.93. The first-order chi connectivity index (χ1) is 9.06. The van der Waals surface area contributed by atoms with Crippen molar-refractivity contribution >= 4 is 12.0 Å². The number of aliphatic carboxylic acids is 1. The summed E-state index contributed by atoms with van der Waals surface area (Å²) >= 11 is 0. The summed E-state index contributed by atoms with van der Waals surface area (Å²) in [4.78, 5) is 27.8. The smallest absolute Gasteiger partial charge is 0.329 e. The molecule has 0 spiro atoms. The van der Waals surface area contributed by atoms with Gasteiger partial charge in [-0.15, -0.1) is 0 Å². The summed E-state index contributed by atoms with van der Waals surface area (Å²) in [6, 6.07) is 0.225. The summed E-state index contributed by atoms with van der Waals surface area (Å²) in [7, 11) is 0. The Bertz CT molecular complexity index is 372. The molecule has 0 aromatic carbocycles. The van der Waals surface area contributed by atoms with Crippen LogP contribution in [-0.2, 0) is 4.79 Å². The minimum absolute atomic E-state index is 0.0638. The van der Waals surface area contributed by atoms with Crippen molar-refractivity contribution in [3.63, 3.8) is 0 Å². The number of amides is 2. The summed E-state index contributed by atoms with van der Waals surface area (Å²) in [6.07, 6.45) is 4.88. The first kappa shape index (κ1) is 14.2. The van der Waals surface area contributed by atoms with E-state index in [4.69, 9.17) is 0 Å². The maximum Gasteiger partial charge on any atom is 0.329 e. The van der Waals surface area contributed by atoms with Crippen LogP contribution in [0.5, 0.6) is 0 Å². The number of rotatable bonds is 3. The minimum Gasteiger partial charge on any atom is -0.479 e. The number of carbonyl (C=O) groups is 2. The predicted molar refractivity (Wildman–Crippen MR) is 72.0 cm³/mol. The van der Waals surface area contributed by atoms with Gasteiger partial charge in [-0.05, 0) is 38.5 Å². The average Bonchev–Trinajstić information content (AvgIpc) is 3.04. The molecule has 2 heterocycles. The third-order valence-electron chi connectivity index (χ3n) is 4.80. The normalized spacial score (nSPS) is 30.9. The average molecular weight is 268 g/mol. The van der Waals surface area contributed by atoms with Crippen molar-refractivity contribution in [3.8, 4) is 0 Å². The second-order valence-electron chi connectivity index (χ2n) is 5.63.